The van der Waals surface area contributed by atoms with Gasteiger partial charge in [-0.3, -0.25) is 0 Å². The van der Waals surface area contributed by atoms with E-state index in [1.54, 1.807) is 43.3 Å². The third-order valence-corrected chi connectivity index (χ3v) is 4.05. The number of phenols is 1. The van der Waals surface area contributed by atoms with E-state index in [2.05, 4.69) is 9.98 Å². The van der Waals surface area contributed by atoms with Crippen LogP contribution in [0.25, 0.3) is 0 Å². The molecule has 0 saturated heterocycles. The zero-order chi connectivity index (χ0) is 22.1. The topological polar surface area (TPSA) is 140 Å². The molecule has 0 bridgehead atoms. The molecule has 8 heteroatoms. The number of aromatic hydroxyl groups is 1. The lowest BCUT2D eigenvalue weighted by Crippen LogP contribution is -2.32. The second kappa shape index (κ2) is 14.9. The van der Waals surface area contributed by atoms with Gasteiger partial charge in [0, 0.05) is 5.41 Å². The van der Waals surface area contributed by atoms with Crippen molar-refractivity contribution in [3.63, 3.8) is 0 Å². The van der Waals surface area contributed by atoms with Crippen LogP contribution in [0.4, 0.5) is 11.4 Å². The Morgan fingerprint density at radius 2 is 1.45 bits per heavy atom. The monoisotopic (exact) mass is 402 g/mol. The second-order valence-corrected chi connectivity index (χ2v) is 6.04. The highest BCUT2D eigenvalue weighted by Crippen LogP contribution is 2.23. The van der Waals surface area contributed by atoms with E-state index in [0.717, 1.165) is 5.56 Å². The number of hydrogen-bond donors (Lipinski definition) is 4. The first-order valence-corrected chi connectivity index (χ1v) is 8.75. The van der Waals surface area contributed by atoms with Crippen LogP contribution in [0, 0.1) is 12.3 Å². The van der Waals surface area contributed by atoms with E-state index < -0.39 is 5.41 Å². The van der Waals surface area contributed by atoms with Gasteiger partial charge in [-0.15, -0.1) is 0 Å². The fourth-order valence-corrected chi connectivity index (χ4v) is 1.80. The minimum atomic E-state index is -0.667. The molecule has 2 aromatic carbocycles. The smallest absolute Gasteiger partial charge is 0.240 e. The summed E-state index contributed by atoms with van der Waals surface area (Å²) in [6.45, 7) is 3.15. The van der Waals surface area contributed by atoms with Crippen molar-refractivity contribution in [2.24, 2.45) is 15.4 Å². The predicted octanol–water partition coefficient (Wildman–Crippen LogP) is 2.68. The van der Waals surface area contributed by atoms with Gasteiger partial charge in [-0.2, -0.15) is 9.98 Å². The molecule has 0 spiro atoms. The molecule has 0 atom stereocenters. The number of aliphatic hydroxyl groups is 3. The molecule has 0 radical (unpaired) electrons. The highest BCUT2D eigenvalue weighted by molar-refractivity contribution is 5.61. The van der Waals surface area contributed by atoms with E-state index in [0.29, 0.717) is 23.5 Å². The summed E-state index contributed by atoms with van der Waals surface area (Å²) < 4.78 is 0. The lowest BCUT2D eigenvalue weighted by molar-refractivity contribution is 0.00304. The largest absolute Gasteiger partial charge is 0.508 e. The van der Waals surface area contributed by atoms with Crippen molar-refractivity contribution in [3.8, 4) is 5.75 Å². The lowest BCUT2D eigenvalue weighted by Gasteiger charge is -2.24. The molecule has 0 aliphatic carbocycles. The van der Waals surface area contributed by atoms with Gasteiger partial charge in [0.1, 0.15) is 5.75 Å². The molecule has 156 valence electrons. The Bertz CT molecular complexity index is 792. The Hall–Kier alpha value is -3.12. The van der Waals surface area contributed by atoms with Gasteiger partial charge in [-0.05, 0) is 43.2 Å². The van der Waals surface area contributed by atoms with Gasteiger partial charge in [-0.1, -0.05) is 31.2 Å². The number of isocyanates is 2. The standard InChI is InChI=1S/C9H6N2O2.C6H14O3.C6H6O/c1-7-2-3-8(10-5-12)4-9(7)11-6-13;1-2-6(3-7,4-8)5-9;7-6-4-2-1-3-5-6/h2-4H,1H3;7-9H,2-5H2,1H3;1-5,7H. The molecule has 4 N–H and O–H groups in total. The molecule has 0 unspecified atom stereocenters. The van der Waals surface area contributed by atoms with Crippen LogP contribution in [0.15, 0.2) is 58.5 Å². The molecule has 0 heterocycles. The number of phenolic OH excluding ortho intramolecular Hbond substituents is 1. The summed E-state index contributed by atoms with van der Waals surface area (Å²) in [5.74, 6) is 0.322. The van der Waals surface area contributed by atoms with Gasteiger partial charge >= 0.3 is 0 Å². The van der Waals surface area contributed by atoms with Crippen LogP contribution in [-0.2, 0) is 9.59 Å². The molecular weight excluding hydrogens is 376 g/mol. The van der Waals surface area contributed by atoms with Crippen molar-refractivity contribution in [1.82, 2.24) is 0 Å². The van der Waals surface area contributed by atoms with Crippen LogP contribution >= 0.6 is 0 Å². The van der Waals surface area contributed by atoms with Crippen LogP contribution in [0.3, 0.4) is 0 Å². The third-order valence-electron chi connectivity index (χ3n) is 4.05. The SMILES string of the molecule is CCC(CO)(CO)CO.Cc1ccc(N=C=O)cc1N=C=O.Oc1ccccc1. The summed E-state index contributed by atoms with van der Waals surface area (Å²) >= 11 is 0. The van der Waals surface area contributed by atoms with Gasteiger partial charge in [0.05, 0.1) is 31.2 Å². The van der Waals surface area contributed by atoms with Crippen LogP contribution in [0.2, 0.25) is 0 Å². The van der Waals surface area contributed by atoms with Gasteiger partial charge in [-0.25, -0.2) is 9.59 Å². The predicted molar refractivity (Wildman–Crippen MR) is 109 cm³/mol. The quantitative estimate of drug-likeness (QED) is 0.433. The van der Waals surface area contributed by atoms with Gasteiger partial charge in [0.2, 0.25) is 12.2 Å². The van der Waals surface area contributed by atoms with Crippen LogP contribution in [0.5, 0.6) is 5.75 Å². The van der Waals surface area contributed by atoms with Crippen LogP contribution < -0.4 is 0 Å². The molecule has 29 heavy (non-hydrogen) atoms. The van der Waals surface area contributed by atoms with Crippen molar-refractivity contribution in [2.75, 3.05) is 19.8 Å². The van der Waals surface area contributed by atoms with Crippen molar-refractivity contribution in [1.29, 1.82) is 0 Å². The van der Waals surface area contributed by atoms with Crippen molar-refractivity contribution in [3.05, 3.63) is 54.1 Å². The zero-order valence-electron chi connectivity index (χ0n) is 16.4. The normalized spacial score (nSPS) is 9.55. The molecule has 0 aliphatic rings. The number of aliphatic hydroxyl groups excluding tert-OH is 3. The number of aliphatic imine (C=N–C) groups is 2. The first-order chi connectivity index (χ1) is 13.9. The molecule has 0 aliphatic heterocycles. The summed E-state index contributed by atoms with van der Waals surface area (Å²) in [5.41, 5.74) is 1.05. The van der Waals surface area contributed by atoms with E-state index in [1.165, 1.54) is 18.2 Å². The van der Waals surface area contributed by atoms with Crippen LogP contribution in [-0.4, -0.2) is 52.4 Å². The van der Waals surface area contributed by atoms with E-state index in [4.69, 9.17) is 20.4 Å². The Morgan fingerprint density at radius 3 is 1.79 bits per heavy atom. The number of benzene rings is 2. The van der Waals surface area contributed by atoms with E-state index in [9.17, 15) is 9.59 Å². The molecule has 0 fully saturated rings. The highest BCUT2D eigenvalue weighted by Gasteiger charge is 2.24. The fourth-order valence-electron chi connectivity index (χ4n) is 1.80. The number of para-hydroxylation sites is 1. The van der Waals surface area contributed by atoms with E-state index >= 15 is 0 Å². The molecule has 0 saturated carbocycles. The highest BCUT2D eigenvalue weighted by atomic mass is 16.3. The average molecular weight is 402 g/mol. The summed E-state index contributed by atoms with van der Waals surface area (Å²) in [7, 11) is 0. The summed E-state index contributed by atoms with van der Waals surface area (Å²) in [5, 5.41) is 34.6. The summed E-state index contributed by atoms with van der Waals surface area (Å²) in [6.07, 6.45) is 3.43. The summed E-state index contributed by atoms with van der Waals surface area (Å²) in [6, 6.07) is 13.6. The number of aryl methyl sites for hydroxylation is 1. The van der Waals surface area contributed by atoms with Gasteiger partial charge in [0.15, 0.2) is 0 Å². The second-order valence-electron chi connectivity index (χ2n) is 6.04. The first kappa shape index (κ1) is 25.9. The Kier molecular flexibility index (Phi) is 13.3. The first-order valence-electron chi connectivity index (χ1n) is 8.75. The Morgan fingerprint density at radius 1 is 0.897 bits per heavy atom. The zero-order valence-corrected chi connectivity index (χ0v) is 16.4. The lowest BCUT2D eigenvalue weighted by atomic mass is 9.88. The number of hydrogen-bond acceptors (Lipinski definition) is 8. The van der Waals surface area contributed by atoms with Crippen LogP contribution in [0.1, 0.15) is 18.9 Å². The average Bonchev–Trinajstić information content (AvgIpc) is 2.75. The number of carbonyl (C=O) groups excluding carboxylic acids is 2. The maximum atomic E-state index is 10.00. The van der Waals surface area contributed by atoms with E-state index in [-0.39, 0.29) is 19.8 Å². The fraction of sp³-hybridized carbons (Fsp3) is 0.333. The Labute approximate surface area is 169 Å². The molecule has 8 nitrogen and oxygen atoms in total. The van der Waals surface area contributed by atoms with Gasteiger partial charge < -0.3 is 20.4 Å². The molecule has 2 rings (SSSR count). The minimum Gasteiger partial charge on any atom is -0.508 e. The molecule has 0 amide bonds. The van der Waals surface area contributed by atoms with Crippen molar-refractivity contribution >= 4 is 23.5 Å². The molecule has 2 aromatic rings. The maximum absolute atomic E-state index is 10.00. The maximum Gasteiger partial charge on any atom is 0.240 e. The summed E-state index contributed by atoms with van der Waals surface area (Å²) in [4.78, 5) is 26.8. The van der Waals surface area contributed by atoms with Crippen molar-refractivity contribution in [2.45, 2.75) is 20.3 Å². The van der Waals surface area contributed by atoms with Crippen molar-refractivity contribution < 1.29 is 30.0 Å². The molecule has 0 aromatic heterocycles. The number of nitrogens with zero attached hydrogens (tertiary/aromatic N) is 2. The van der Waals surface area contributed by atoms with Gasteiger partial charge in [0.25, 0.3) is 0 Å². The Balaban J connectivity index is 0.000000429. The third kappa shape index (κ3) is 10.1. The molecular formula is C21H26N2O6. The number of rotatable bonds is 6. The minimum absolute atomic E-state index is 0.156. The van der Waals surface area contributed by atoms with E-state index in [1.807, 2.05) is 13.0 Å².